The van der Waals surface area contributed by atoms with Crippen molar-refractivity contribution in [1.82, 2.24) is 0 Å². The number of rotatable bonds is 2. The lowest BCUT2D eigenvalue weighted by Crippen LogP contribution is -2.42. The second kappa shape index (κ2) is 5.26. The minimum absolute atomic E-state index is 0.204. The van der Waals surface area contributed by atoms with Crippen LogP contribution in [0.25, 0.3) is 0 Å². The predicted octanol–water partition coefficient (Wildman–Crippen LogP) is 4.49. The van der Waals surface area contributed by atoms with Gasteiger partial charge < -0.3 is 4.90 Å². The van der Waals surface area contributed by atoms with E-state index in [4.69, 9.17) is 11.6 Å². The van der Waals surface area contributed by atoms with Crippen molar-refractivity contribution in [1.29, 1.82) is 0 Å². The van der Waals surface area contributed by atoms with Crippen LogP contribution in [-0.2, 0) is 0 Å². The van der Waals surface area contributed by atoms with Crippen molar-refractivity contribution < 1.29 is 4.39 Å². The largest absolute Gasteiger partial charge is 0.366 e. The van der Waals surface area contributed by atoms with Gasteiger partial charge in [-0.05, 0) is 43.4 Å². The SMILES string of the molecule is CCC1CCC(C)CN1c1ccc(Cl)cc1F. The molecule has 1 aliphatic heterocycles. The molecule has 1 aromatic rings. The van der Waals surface area contributed by atoms with Gasteiger partial charge in [0.2, 0.25) is 0 Å². The van der Waals surface area contributed by atoms with Crippen molar-refractivity contribution in [3.63, 3.8) is 0 Å². The standard InChI is InChI=1S/C14H19ClFN/c1-3-12-6-4-10(2)9-17(12)14-7-5-11(15)8-13(14)16/h5,7-8,10,12H,3-4,6,9H2,1-2H3. The molecule has 1 heterocycles. The molecule has 0 bridgehead atoms. The molecule has 0 saturated carbocycles. The van der Waals surface area contributed by atoms with Crippen LogP contribution < -0.4 is 4.90 Å². The average molecular weight is 256 g/mol. The van der Waals surface area contributed by atoms with Crippen LogP contribution >= 0.6 is 11.6 Å². The quantitative estimate of drug-likeness (QED) is 0.752. The zero-order valence-electron chi connectivity index (χ0n) is 10.4. The Hall–Kier alpha value is -0.760. The molecule has 94 valence electrons. The Morgan fingerprint density at radius 2 is 2.18 bits per heavy atom. The summed E-state index contributed by atoms with van der Waals surface area (Å²) in [5.41, 5.74) is 0.702. The van der Waals surface area contributed by atoms with Crippen molar-refractivity contribution in [2.45, 2.75) is 39.2 Å². The van der Waals surface area contributed by atoms with Crippen molar-refractivity contribution in [3.8, 4) is 0 Å². The monoisotopic (exact) mass is 255 g/mol. The average Bonchev–Trinajstić information content (AvgIpc) is 2.29. The lowest BCUT2D eigenvalue weighted by Gasteiger charge is -2.40. The van der Waals surface area contributed by atoms with Crippen LogP contribution in [0.1, 0.15) is 33.1 Å². The van der Waals surface area contributed by atoms with E-state index in [1.165, 1.54) is 12.5 Å². The Balaban J connectivity index is 2.28. The van der Waals surface area contributed by atoms with E-state index in [0.717, 1.165) is 19.4 Å². The Morgan fingerprint density at radius 3 is 2.82 bits per heavy atom. The van der Waals surface area contributed by atoms with Gasteiger partial charge in [0, 0.05) is 17.6 Å². The zero-order chi connectivity index (χ0) is 12.4. The Bertz CT molecular complexity index is 394. The summed E-state index contributed by atoms with van der Waals surface area (Å²) in [7, 11) is 0. The molecule has 0 N–H and O–H groups in total. The van der Waals surface area contributed by atoms with Gasteiger partial charge in [-0.25, -0.2) is 4.39 Å². The number of anilines is 1. The molecule has 3 heteroatoms. The summed E-state index contributed by atoms with van der Waals surface area (Å²) in [5, 5.41) is 0.462. The van der Waals surface area contributed by atoms with Gasteiger partial charge in [-0.3, -0.25) is 0 Å². The van der Waals surface area contributed by atoms with Crippen LogP contribution in [0.2, 0.25) is 5.02 Å². The number of piperidine rings is 1. The predicted molar refractivity (Wildman–Crippen MR) is 71.2 cm³/mol. The molecular formula is C14H19ClFN. The van der Waals surface area contributed by atoms with Gasteiger partial charge in [-0.1, -0.05) is 25.4 Å². The number of nitrogens with zero attached hydrogens (tertiary/aromatic N) is 1. The first-order chi connectivity index (χ1) is 8.11. The maximum atomic E-state index is 13.9. The van der Waals surface area contributed by atoms with Crippen LogP contribution in [0.3, 0.4) is 0 Å². The van der Waals surface area contributed by atoms with E-state index in [1.54, 1.807) is 12.1 Å². The fourth-order valence-electron chi connectivity index (χ4n) is 2.64. The minimum atomic E-state index is -0.204. The van der Waals surface area contributed by atoms with Crippen molar-refractivity contribution in [2.24, 2.45) is 5.92 Å². The summed E-state index contributed by atoms with van der Waals surface area (Å²) in [6.07, 6.45) is 3.46. The molecule has 1 fully saturated rings. The maximum Gasteiger partial charge on any atom is 0.147 e. The molecule has 0 aliphatic carbocycles. The molecule has 0 aromatic heterocycles. The van der Waals surface area contributed by atoms with E-state index in [1.807, 2.05) is 0 Å². The summed E-state index contributed by atoms with van der Waals surface area (Å²) in [4.78, 5) is 2.21. The van der Waals surface area contributed by atoms with E-state index in [-0.39, 0.29) is 5.82 Å². The normalized spacial score (nSPS) is 25.1. The minimum Gasteiger partial charge on any atom is -0.366 e. The second-order valence-electron chi connectivity index (χ2n) is 4.99. The molecule has 17 heavy (non-hydrogen) atoms. The van der Waals surface area contributed by atoms with E-state index < -0.39 is 0 Å². The van der Waals surface area contributed by atoms with Gasteiger partial charge in [0.15, 0.2) is 0 Å². The highest BCUT2D eigenvalue weighted by molar-refractivity contribution is 6.30. The highest BCUT2D eigenvalue weighted by Gasteiger charge is 2.26. The van der Waals surface area contributed by atoms with Crippen LogP contribution in [0.15, 0.2) is 18.2 Å². The highest BCUT2D eigenvalue weighted by atomic mass is 35.5. The smallest absolute Gasteiger partial charge is 0.147 e. The third-order valence-electron chi connectivity index (χ3n) is 3.63. The topological polar surface area (TPSA) is 3.24 Å². The summed E-state index contributed by atoms with van der Waals surface area (Å²) in [6.45, 7) is 5.34. The Morgan fingerprint density at radius 1 is 1.41 bits per heavy atom. The molecule has 1 saturated heterocycles. The summed E-state index contributed by atoms with van der Waals surface area (Å²) < 4.78 is 13.9. The lowest BCUT2D eigenvalue weighted by molar-refractivity contribution is 0.366. The van der Waals surface area contributed by atoms with Gasteiger partial charge in [0.05, 0.1) is 5.69 Å². The number of benzene rings is 1. The van der Waals surface area contributed by atoms with Crippen LogP contribution in [-0.4, -0.2) is 12.6 Å². The van der Waals surface area contributed by atoms with E-state index in [0.29, 0.717) is 22.7 Å². The van der Waals surface area contributed by atoms with Crippen molar-refractivity contribution in [3.05, 3.63) is 29.0 Å². The van der Waals surface area contributed by atoms with E-state index in [9.17, 15) is 4.39 Å². The Kier molecular flexibility index (Phi) is 3.93. The molecule has 1 aromatic carbocycles. The van der Waals surface area contributed by atoms with Crippen molar-refractivity contribution in [2.75, 3.05) is 11.4 Å². The van der Waals surface area contributed by atoms with Crippen LogP contribution in [0.5, 0.6) is 0 Å². The molecule has 2 unspecified atom stereocenters. The number of hydrogen-bond donors (Lipinski definition) is 0. The number of hydrogen-bond acceptors (Lipinski definition) is 1. The first-order valence-corrected chi connectivity index (χ1v) is 6.71. The summed E-state index contributed by atoms with van der Waals surface area (Å²) in [6, 6.07) is 5.44. The molecule has 0 spiro atoms. The first kappa shape index (κ1) is 12.7. The van der Waals surface area contributed by atoms with Crippen LogP contribution in [0.4, 0.5) is 10.1 Å². The van der Waals surface area contributed by atoms with E-state index in [2.05, 4.69) is 18.7 Å². The van der Waals surface area contributed by atoms with Crippen molar-refractivity contribution >= 4 is 17.3 Å². The van der Waals surface area contributed by atoms with Gasteiger partial charge in [-0.2, -0.15) is 0 Å². The molecule has 1 aliphatic rings. The summed E-state index contributed by atoms with van der Waals surface area (Å²) in [5.74, 6) is 0.429. The van der Waals surface area contributed by atoms with Crippen LogP contribution in [0, 0.1) is 11.7 Å². The summed E-state index contributed by atoms with van der Waals surface area (Å²) >= 11 is 5.80. The van der Waals surface area contributed by atoms with Gasteiger partial charge in [0.25, 0.3) is 0 Å². The fraction of sp³-hybridized carbons (Fsp3) is 0.571. The highest BCUT2D eigenvalue weighted by Crippen LogP contribution is 2.31. The molecular weight excluding hydrogens is 237 g/mol. The molecule has 2 rings (SSSR count). The second-order valence-corrected chi connectivity index (χ2v) is 5.43. The molecule has 0 radical (unpaired) electrons. The number of halogens is 2. The van der Waals surface area contributed by atoms with E-state index >= 15 is 0 Å². The zero-order valence-corrected chi connectivity index (χ0v) is 11.2. The maximum absolute atomic E-state index is 13.9. The first-order valence-electron chi connectivity index (χ1n) is 6.33. The third-order valence-corrected chi connectivity index (χ3v) is 3.87. The Labute approximate surface area is 108 Å². The molecule has 1 nitrogen and oxygen atoms in total. The molecule has 2 atom stereocenters. The third kappa shape index (κ3) is 2.74. The lowest BCUT2D eigenvalue weighted by atomic mass is 9.92. The van der Waals surface area contributed by atoms with Gasteiger partial charge in [-0.15, -0.1) is 0 Å². The van der Waals surface area contributed by atoms with Gasteiger partial charge >= 0.3 is 0 Å². The fourth-order valence-corrected chi connectivity index (χ4v) is 2.80. The molecule has 0 amide bonds. The van der Waals surface area contributed by atoms with Gasteiger partial charge in [0.1, 0.15) is 5.82 Å².